The zero-order valence-corrected chi connectivity index (χ0v) is 9.95. The molecule has 3 nitrogen and oxygen atoms in total. The molecule has 12 heavy (non-hydrogen) atoms. The van der Waals surface area contributed by atoms with Crippen molar-refractivity contribution in [1.82, 2.24) is 0 Å². The van der Waals surface area contributed by atoms with Crippen molar-refractivity contribution in [2.24, 2.45) is 5.73 Å². The highest BCUT2D eigenvalue weighted by Gasteiger charge is 2.27. The molecule has 0 amide bonds. The number of nitrogens with two attached hydrogens (primary N) is 1. The molecule has 0 aromatic carbocycles. The third-order valence-electron chi connectivity index (χ3n) is 1.83. The van der Waals surface area contributed by atoms with Gasteiger partial charge in [-0.05, 0) is 18.3 Å². The van der Waals surface area contributed by atoms with Gasteiger partial charge in [-0.1, -0.05) is 0 Å². The summed E-state index contributed by atoms with van der Waals surface area (Å²) in [6.45, 7) is 2.83. The van der Waals surface area contributed by atoms with Crippen LogP contribution in [-0.4, -0.2) is 40.8 Å². The predicted molar refractivity (Wildman–Crippen MR) is 56.8 cm³/mol. The summed E-state index contributed by atoms with van der Waals surface area (Å²) in [5.41, 5.74) is 5.37. The van der Waals surface area contributed by atoms with Gasteiger partial charge >= 0.3 is 8.56 Å². The molecular weight excluding hydrogens is 190 g/mol. The molecule has 0 rings (SSSR count). The first-order valence-corrected chi connectivity index (χ1v) is 7.74. The van der Waals surface area contributed by atoms with Gasteiger partial charge in [0, 0.05) is 26.5 Å². The lowest BCUT2D eigenvalue weighted by Crippen LogP contribution is -2.36. The number of thioether (sulfide) groups is 1. The van der Waals surface area contributed by atoms with Crippen LogP contribution in [0.15, 0.2) is 0 Å². The lowest BCUT2D eigenvalue weighted by atomic mass is 10.8. The van der Waals surface area contributed by atoms with E-state index < -0.39 is 8.56 Å². The lowest BCUT2D eigenvalue weighted by molar-refractivity contribution is 0.251. The van der Waals surface area contributed by atoms with Gasteiger partial charge in [0.2, 0.25) is 0 Å². The Morgan fingerprint density at radius 3 is 2.25 bits per heavy atom. The summed E-state index contributed by atoms with van der Waals surface area (Å²) in [5, 5.41) is 0. The van der Waals surface area contributed by atoms with Crippen LogP contribution in [0, 0.1) is 0 Å². The molecule has 0 fully saturated rings. The first-order chi connectivity index (χ1) is 5.68. The van der Waals surface area contributed by atoms with Gasteiger partial charge in [-0.25, -0.2) is 0 Å². The van der Waals surface area contributed by atoms with E-state index in [0.717, 1.165) is 24.1 Å². The standard InChI is InChI=1S/C7H19NO2SSi/c1-9-12(3,10-2)7-6-11-5-4-8/h4-8H2,1-3H3. The molecule has 0 atom stereocenters. The Morgan fingerprint density at radius 2 is 1.83 bits per heavy atom. The van der Waals surface area contributed by atoms with Gasteiger partial charge in [0.1, 0.15) is 0 Å². The third-order valence-corrected chi connectivity index (χ3v) is 6.09. The van der Waals surface area contributed by atoms with Crippen molar-refractivity contribution < 1.29 is 8.85 Å². The summed E-state index contributed by atoms with van der Waals surface area (Å²) in [5.74, 6) is 2.11. The van der Waals surface area contributed by atoms with Gasteiger partial charge in [-0.15, -0.1) is 0 Å². The zero-order chi connectivity index (χ0) is 9.45. The maximum absolute atomic E-state index is 5.37. The summed E-state index contributed by atoms with van der Waals surface area (Å²) in [7, 11) is 1.64. The summed E-state index contributed by atoms with van der Waals surface area (Å²) < 4.78 is 10.7. The van der Waals surface area contributed by atoms with E-state index in [1.54, 1.807) is 14.2 Å². The second kappa shape index (κ2) is 6.91. The Labute approximate surface area is 80.2 Å². The molecule has 0 heterocycles. The van der Waals surface area contributed by atoms with Crippen molar-refractivity contribution >= 4 is 20.3 Å². The molecule has 0 aliphatic carbocycles. The van der Waals surface area contributed by atoms with Crippen molar-refractivity contribution in [1.29, 1.82) is 0 Å². The predicted octanol–water partition coefficient (Wildman–Crippen LogP) is 1.04. The van der Waals surface area contributed by atoms with E-state index in [0.29, 0.717) is 0 Å². The van der Waals surface area contributed by atoms with E-state index in [4.69, 9.17) is 14.6 Å². The molecule has 0 spiro atoms. The maximum atomic E-state index is 5.37. The van der Waals surface area contributed by atoms with Crippen LogP contribution in [-0.2, 0) is 8.85 Å². The molecule has 0 bridgehead atoms. The fourth-order valence-corrected chi connectivity index (χ4v) is 3.74. The average molecular weight is 209 g/mol. The second-order valence-corrected chi connectivity index (χ2v) is 7.50. The molecule has 0 radical (unpaired) electrons. The van der Waals surface area contributed by atoms with E-state index in [9.17, 15) is 0 Å². The summed E-state index contributed by atoms with van der Waals surface area (Å²) in [6, 6.07) is 1.03. The number of hydrogen-bond donors (Lipinski definition) is 1. The molecule has 0 aliphatic rings. The van der Waals surface area contributed by atoms with Crippen molar-refractivity contribution in [3.63, 3.8) is 0 Å². The summed E-state index contributed by atoms with van der Waals surface area (Å²) in [6.07, 6.45) is 0. The van der Waals surface area contributed by atoms with Gasteiger partial charge in [0.25, 0.3) is 0 Å². The Kier molecular flexibility index (Phi) is 7.17. The fourth-order valence-electron chi connectivity index (χ4n) is 0.730. The highest BCUT2D eigenvalue weighted by Crippen LogP contribution is 2.14. The van der Waals surface area contributed by atoms with Gasteiger partial charge in [0.05, 0.1) is 0 Å². The topological polar surface area (TPSA) is 44.5 Å². The van der Waals surface area contributed by atoms with Crippen molar-refractivity contribution in [2.45, 2.75) is 12.6 Å². The molecule has 5 heteroatoms. The molecular formula is C7H19NO2SSi. The number of rotatable bonds is 7. The fraction of sp³-hybridized carbons (Fsp3) is 1.00. The summed E-state index contributed by atoms with van der Waals surface area (Å²) in [4.78, 5) is 0. The normalized spacial score (nSPS) is 12.0. The van der Waals surface area contributed by atoms with Gasteiger partial charge in [0.15, 0.2) is 0 Å². The van der Waals surface area contributed by atoms with E-state index in [1.165, 1.54) is 0 Å². The van der Waals surface area contributed by atoms with Gasteiger partial charge in [-0.2, -0.15) is 11.8 Å². The molecule has 0 unspecified atom stereocenters. The molecule has 0 aromatic rings. The van der Waals surface area contributed by atoms with Crippen LogP contribution in [0.3, 0.4) is 0 Å². The molecule has 2 N–H and O–H groups in total. The van der Waals surface area contributed by atoms with Gasteiger partial charge < -0.3 is 14.6 Å². The lowest BCUT2D eigenvalue weighted by Gasteiger charge is -2.22. The average Bonchev–Trinajstić information content (AvgIpc) is 2.12. The first-order valence-electron chi connectivity index (χ1n) is 4.06. The Morgan fingerprint density at radius 1 is 1.25 bits per heavy atom. The first kappa shape index (κ1) is 12.4. The molecule has 74 valence electrons. The van der Waals surface area contributed by atoms with E-state index >= 15 is 0 Å². The SMILES string of the molecule is CO[Si](C)(CCSCCN)OC. The zero-order valence-electron chi connectivity index (χ0n) is 8.13. The second-order valence-electron chi connectivity index (χ2n) is 2.69. The third kappa shape index (κ3) is 5.16. The van der Waals surface area contributed by atoms with Gasteiger partial charge in [-0.3, -0.25) is 0 Å². The minimum absolute atomic E-state index is 0.753. The van der Waals surface area contributed by atoms with Crippen LogP contribution in [0.25, 0.3) is 0 Å². The minimum atomic E-state index is -1.81. The van der Waals surface area contributed by atoms with Crippen LogP contribution >= 0.6 is 11.8 Å². The van der Waals surface area contributed by atoms with Crippen molar-refractivity contribution in [2.75, 3.05) is 32.3 Å². The molecule has 0 aromatic heterocycles. The largest absolute Gasteiger partial charge is 0.398 e. The highest BCUT2D eigenvalue weighted by atomic mass is 32.2. The monoisotopic (exact) mass is 209 g/mol. The van der Waals surface area contributed by atoms with Crippen LogP contribution < -0.4 is 5.73 Å². The van der Waals surface area contributed by atoms with E-state index in [-0.39, 0.29) is 0 Å². The van der Waals surface area contributed by atoms with Crippen molar-refractivity contribution in [3.8, 4) is 0 Å². The Bertz CT molecular complexity index is 112. The Hall–Kier alpha value is 0.447. The molecule has 0 saturated heterocycles. The summed E-state index contributed by atoms with van der Waals surface area (Å²) >= 11 is 1.86. The smallest absolute Gasteiger partial charge is 0.335 e. The van der Waals surface area contributed by atoms with E-state index in [1.807, 2.05) is 11.8 Å². The van der Waals surface area contributed by atoms with Crippen molar-refractivity contribution in [3.05, 3.63) is 0 Å². The highest BCUT2D eigenvalue weighted by molar-refractivity contribution is 7.99. The number of hydrogen-bond acceptors (Lipinski definition) is 4. The minimum Gasteiger partial charge on any atom is -0.398 e. The van der Waals surface area contributed by atoms with Crippen LogP contribution in [0.2, 0.25) is 12.6 Å². The quantitative estimate of drug-likeness (QED) is 0.503. The van der Waals surface area contributed by atoms with Crippen LogP contribution in [0.5, 0.6) is 0 Å². The molecule has 0 aliphatic heterocycles. The molecule has 0 saturated carbocycles. The Balaban J connectivity index is 3.45. The van der Waals surface area contributed by atoms with E-state index in [2.05, 4.69) is 6.55 Å². The van der Waals surface area contributed by atoms with Crippen LogP contribution in [0.1, 0.15) is 0 Å². The maximum Gasteiger partial charge on any atom is 0.335 e. The van der Waals surface area contributed by atoms with Crippen LogP contribution in [0.4, 0.5) is 0 Å².